The van der Waals surface area contributed by atoms with E-state index in [9.17, 15) is 13.2 Å². The number of hydrogen-bond acceptors (Lipinski definition) is 5. The number of nitrogens with one attached hydrogen (secondary N) is 3. The number of carbonyl (C=O) groups excluding carboxylic acids is 1. The maximum absolute atomic E-state index is 11.6. The Morgan fingerprint density at radius 3 is 2.59 bits per heavy atom. The maximum Gasteiger partial charge on any atom is 0.422 e. The summed E-state index contributed by atoms with van der Waals surface area (Å²) < 4.78 is 32.2. The molecule has 7 nitrogen and oxygen atoms in total. The topological polar surface area (TPSA) is 96.5 Å². The van der Waals surface area contributed by atoms with Crippen LogP contribution in [0, 0.1) is 0 Å². The van der Waals surface area contributed by atoms with Crippen LogP contribution in [0.15, 0.2) is 0 Å². The molecule has 1 rings (SSSR count). The van der Waals surface area contributed by atoms with Crippen LogP contribution in [0.3, 0.4) is 0 Å². The van der Waals surface area contributed by atoms with Crippen molar-refractivity contribution >= 4 is 16.3 Å². The molecule has 1 unspecified atom stereocenters. The number of hydrogen-bond donors (Lipinski definition) is 3. The molecule has 0 radical (unpaired) electrons. The van der Waals surface area contributed by atoms with Crippen LogP contribution in [-0.2, 0) is 14.9 Å². The van der Waals surface area contributed by atoms with E-state index in [2.05, 4.69) is 10.0 Å². The molecule has 0 aromatic rings. The molecule has 1 aliphatic rings. The fourth-order valence-electron chi connectivity index (χ4n) is 1.60. The SMILES string of the molecule is CC(C)OC(=O)NS(=O)(=O)NC1(C)CCNC1. The van der Waals surface area contributed by atoms with E-state index in [4.69, 9.17) is 4.74 Å². The van der Waals surface area contributed by atoms with Crippen molar-refractivity contribution < 1.29 is 17.9 Å². The number of amides is 1. The predicted octanol–water partition coefficient (Wildman–Crippen LogP) is -0.293. The fourth-order valence-corrected chi connectivity index (χ4v) is 2.74. The van der Waals surface area contributed by atoms with Gasteiger partial charge in [0, 0.05) is 12.1 Å². The third-order valence-electron chi connectivity index (χ3n) is 2.31. The summed E-state index contributed by atoms with van der Waals surface area (Å²) in [6, 6.07) is 0. The van der Waals surface area contributed by atoms with Crippen LogP contribution < -0.4 is 14.8 Å². The van der Waals surface area contributed by atoms with E-state index in [0.29, 0.717) is 13.0 Å². The normalized spacial score (nSPS) is 24.9. The molecule has 100 valence electrons. The summed E-state index contributed by atoms with van der Waals surface area (Å²) in [5.41, 5.74) is -0.566. The molecular formula is C9H19N3O4S. The van der Waals surface area contributed by atoms with Gasteiger partial charge in [-0.15, -0.1) is 0 Å². The minimum Gasteiger partial charge on any atom is -0.446 e. The lowest BCUT2D eigenvalue weighted by Crippen LogP contribution is -2.53. The van der Waals surface area contributed by atoms with Gasteiger partial charge in [0.15, 0.2) is 0 Å². The molecule has 1 fully saturated rings. The first-order valence-corrected chi connectivity index (χ1v) is 6.94. The highest BCUT2D eigenvalue weighted by Gasteiger charge is 2.33. The molecule has 0 aliphatic carbocycles. The van der Waals surface area contributed by atoms with Gasteiger partial charge < -0.3 is 10.1 Å². The smallest absolute Gasteiger partial charge is 0.422 e. The molecule has 17 heavy (non-hydrogen) atoms. The predicted molar refractivity (Wildman–Crippen MR) is 62.7 cm³/mol. The van der Waals surface area contributed by atoms with Gasteiger partial charge in [0.25, 0.3) is 0 Å². The highest BCUT2D eigenvalue weighted by molar-refractivity contribution is 7.88. The van der Waals surface area contributed by atoms with Crippen LogP contribution in [0.1, 0.15) is 27.2 Å². The summed E-state index contributed by atoms with van der Waals surface area (Å²) in [7, 11) is -3.88. The van der Waals surface area contributed by atoms with E-state index >= 15 is 0 Å². The first-order valence-electron chi connectivity index (χ1n) is 5.45. The lowest BCUT2D eigenvalue weighted by Gasteiger charge is -2.24. The van der Waals surface area contributed by atoms with Gasteiger partial charge in [0.2, 0.25) is 0 Å². The maximum atomic E-state index is 11.6. The van der Waals surface area contributed by atoms with Crippen LogP contribution in [0.4, 0.5) is 4.79 Å². The van der Waals surface area contributed by atoms with Crippen LogP contribution in [0.2, 0.25) is 0 Å². The van der Waals surface area contributed by atoms with Gasteiger partial charge >= 0.3 is 16.3 Å². The first-order chi connectivity index (χ1) is 7.72. The molecule has 0 bridgehead atoms. The Kier molecular flexibility index (Phi) is 4.34. The molecule has 1 aliphatic heterocycles. The molecule has 1 heterocycles. The highest BCUT2D eigenvalue weighted by atomic mass is 32.2. The average molecular weight is 265 g/mol. The lowest BCUT2D eigenvalue weighted by atomic mass is 10.0. The standard InChI is InChI=1S/C9H19N3O4S/c1-7(2)16-8(13)11-17(14,15)12-9(3)4-5-10-6-9/h7,10,12H,4-6H2,1-3H3,(H,11,13). The monoisotopic (exact) mass is 265 g/mol. The fraction of sp³-hybridized carbons (Fsp3) is 0.889. The largest absolute Gasteiger partial charge is 0.446 e. The summed E-state index contributed by atoms with van der Waals surface area (Å²) in [5.74, 6) is 0. The van der Waals surface area contributed by atoms with E-state index in [1.54, 1.807) is 20.8 Å². The molecule has 0 saturated carbocycles. The van der Waals surface area contributed by atoms with Crippen molar-refractivity contribution in [3.8, 4) is 0 Å². The molecule has 0 aromatic carbocycles. The summed E-state index contributed by atoms with van der Waals surface area (Å²) >= 11 is 0. The van der Waals surface area contributed by atoms with Gasteiger partial charge in [-0.2, -0.15) is 13.1 Å². The Bertz CT molecular complexity index is 374. The first kappa shape index (κ1) is 14.2. The molecule has 1 atom stereocenters. The van der Waals surface area contributed by atoms with Gasteiger partial charge in [-0.1, -0.05) is 0 Å². The molecule has 0 spiro atoms. The molecule has 1 amide bonds. The molecule has 1 saturated heterocycles. The van der Waals surface area contributed by atoms with Crippen molar-refractivity contribution in [1.82, 2.24) is 14.8 Å². The molecule has 3 N–H and O–H groups in total. The molecular weight excluding hydrogens is 246 g/mol. The zero-order chi connectivity index (χ0) is 13.1. The van der Waals surface area contributed by atoms with Gasteiger partial charge in [-0.25, -0.2) is 9.52 Å². The van der Waals surface area contributed by atoms with E-state index in [0.717, 1.165) is 6.54 Å². The third-order valence-corrected chi connectivity index (χ3v) is 3.51. The summed E-state index contributed by atoms with van der Waals surface area (Å²) in [4.78, 5) is 11.2. The minimum absolute atomic E-state index is 0.367. The number of carbonyl (C=O) groups is 1. The van der Waals surface area contributed by atoms with Crippen LogP contribution in [-0.4, -0.2) is 39.2 Å². The zero-order valence-corrected chi connectivity index (χ0v) is 11.1. The van der Waals surface area contributed by atoms with Crippen LogP contribution in [0.25, 0.3) is 0 Å². The van der Waals surface area contributed by atoms with Gasteiger partial charge in [0.05, 0.1) is 6.10 Å². The second-order valence-corrected chi connectivity index (χ2v) is 6.06. The van der Waals surface area contributed by atoms with Gasteiger partial charge in [-0.3, -0.25) is 0 Å². The van der Waals surface area contributed by atoms with Crippen molar-refractivity contribution in [3.63, 3.8) is 0 Å². The van der Waals surface area contributed by atoms with E-state index in [1.165, 1.54) is 0 Å². The van der Waals surface area contributed by atoms with Crippen molar-refractivity contribution in [2.45, 2.75) is 38.8 Å². The minimum atomic E-state index is -3.88. The Morgan fingerprint density at radius 2 is 2.12 bits per heavy atom. The highest BCUT2D eigenvalue weighted by Crippen LogP contribution is 2.13. The van der Waals surface area contributed by atoms with Gasteiger partial charge in [0.1, 0.15) is 0 Å². The van der Waals surface area contributed by atoms with E-state index in [1.807, 2.05) is 4.72 Å². The summed E-state index contributed by atoms with van der Waals surface area (Å²) in [5, 5.41) is 3.05. The lowest BCUT2D eigenvalue weighted by molar-refractivity contribution is 0.121. The summed E-state index contributed by atoms with van der Waals surface area (Å²) in [6.07, 6.45) is -0.663. The molecule has 0 aromatic heterocycles. The van der Waals surface area contributed by atoms with E-state index < -0.39 is 21.8 Å². The zero-order valence-electron chi connectivity index (χ0n) is 10.2. The molecule has 8 heteroatoms. The Hall–Kier alpha value is -0.860. The van der Waals surface area contributed by atoms with Crippen LogP contribution >= 0.6 is 0 Å². The van der Waals surface area contributed by atoms with E-state index in [-0.39, 0.29) is 6.10 Å². The number of ether oxygens (including phenoxy) is 1. The van der Waals surface area contributed by atoms with Crippen molar-refractivity contribution in [3.05, 3.63) is 0 Å². The Balaban J connectivity index is 2.54. The second-order valence-electron chi connectivity index (χ2n) is 4.65. The summed E-state index contributed by atoms with van der Waals surface area (Å²) in [6.45, 7) is 6.34. The Morgan fingerprint density at radius 1 is 1.47 bits per heavy atom. The second kappa shape index (κ2) is 5.19. The number of rotatable bonds is 4. The van der Waals surface area contributed by atoms with Crippen molar-refractivity contribution in [2.75, 3.05) is 13.1 Å². The van der Waals surface area contributed by atoms with Crippen molar-refractivity contribution in [2.24, 2.45) is 0 Å². The Labute approximate surface area is 101 Å². The van der Waals surface area contributed by atoms with Crippen molar-refractivity contribution in [1.29, 1.82) is 0 Å². The quantitative estimate of drug-likeness (QED) is 0.649. The average Bonchev–Trinajstić information content (AvgIpc) is 2.46. The van der Waals surface area contributed by atoms with Gasteiger partial charge in [-0.05, 0) is 33.7 Å². The third kappa shape index (κ3) is 4.88. The van der Waals surface area contributed by atoms with Crippen LogP contribution in [0.5, 0.6) is 0 Å².